The molecule has 1 heterocycles. The van der Waals surface area contributed by atoms with Crippen LogP contribution >= 0.6 is 0 Å². The van der Waals surface area contributed by atoms with Crippen molar-refractivity contribution in [3.8, 4) is 5.88 Å². The van der Waals surface area contributed by atoms with Gasteiger partial charge in [-0.2, -0.15) is 4.98 Å². The van der Waals surface area contributed by atoms with Gasteiger partial charge in [0.05, 0.1) is 6.61 Å². The molecule has 0 aliphatic heterocycles. The lowest BCUT2D eigenvalue weighted by atomic mass is 10.4. The molecule has 0 spiro atoms. The summed E-state index contributed by atoms with van der Waals surface area (Å²) in [6, 6.07) is 5.33. The number of rotatable bonds is 8. The number of carbonyl (C=O) groups is 2. The summed E-state index contributed by atoms with van der Waals surface area (Å²) in [6.07, 6.45) is 1.70. The van der Waals surface area contributed by atoms with E-state index < -0.39 is 11.9 Å². The molecule has 6 N–H and O–H groups in total. The Kier molecular flexibility index (Phi) is 11.6. The molecule has 0 saturated carbocycles. The third-order valence-corrected chi connectivity index (χ3v) is 2.23. The number of aliphatic carboxylic acids is 2. The van der Waals surface area contributed by atoms with Crippen LogP contribution in [0.2, 0.25) is 0 Å². The van der Waals surface area contributed by atoms with Crippen molar-refractivity contribution in [2.45, 2.75) is 13.3 Å². The molecule has 0 unspecified atom stereocenters. The number of guanidine groups is 1. The molecule has 1 aromatic heterocycles. The third-order valence-electron chi connectivity index (χ3n) is 2.23. The summed E-state index contributed by atoms with van der Waals surface area (Å²) in [5, 5.41) is 27.1. The molecule has 0 bridgehead atoms. The summed E-state index contributed by atoms with van der Waals surface area (Å²) in [4.78, 5) is 27.3. The van der Waals surface area contributed by atoms with Crippen LogP contribution < -0.4 is 15.8 Å². The summed E-state index contributed by atoms with van der Waals surface area (Å²) in [5.41, 5.74) is 5.61. The van der Waals surface area contributed by atoms with Gasteiger partial charge in [-0.05, 0) is 13.0 Å². The van der Waals surface area contributed by atoms with Crippen molar-refractivity contribution in [2.75, 3.05) is 25.1 Å². The highest BCUT2D eigenvalue weighted by Gasteiger charge is 1.99. The van der Waals surface area contributed by atoms with Crippen LogP contribution in [0.3, 0.4) is 0 Å². The highest BCUT2D eigenvalue weighted by molar-refractivity contribution is 5.91. The lowest BCUT2D eigenvalue weighted by Gasteiger charge is -2.07. The van der Waals surface area contributed by atoms with Crippen LogP contribution in [-0.4, -0.2) is 58.0 Å². The van der Waals surface area contributed by atoms with E-state index in [2.05, 4.69) is 15.3 Å². The number of carboxylic acid groups (broad SMARTS) is 2. The van der Waals surface area contributed by atoms with Crippen molar-refractivity contribution < 1.29 is 29.6 Å². The zero-order chi connectivity index (χ0) is 19.1. The van der Waals surface area contributed by atoms with Crippen LogP contribution in [0, 0.1) is 0 Å². The van der Waals surface area contributed by atoms with Gasteiger partial charge >= 0.3 is 11.9 Å². The first-order chi connectivity index (χ1) is 11.9. The Bertz CT molecular complexity index is 587. The minimum atomic E-state index is -1.26. The van der Waals surface area contributed by atoms with Gasteiger partial charge in [0.25, 0.3) is 0 Å². The van der Waals surface area contributed by atoms with Gasteiger partial charge in [0.15, 0.2) is 5.96 Å². The minimum Gasteiger partial charge on any atom is -0.478 e. The summed E-state index contributed by atoms with van der Waals surface area (Å²) >= 11 is 0. The van der Waals surface area contributed by atoms with E-state index >= 15 is 0 Å². The molecule has 0 atom stereocenters. The molecule has 0 fully saturated rings. The Balaban J connectivity index is 0.000000609. The van der Waals surface area contributed by atoms with Gasteiger partial charge in [0.1, 0.15) is 5.82 Å². The van der Waals surface area contributed by atoms with Gasteiger partial charge in [-0.1, -0.05) is 6.07 Å². The molecule has 1 aromatic rings. The van der Waals surface area contributed by atoms with E-state index in [9.17, 15) is 9.59 Å². The number of nitrogens with two attached hydrogens (primary N) is 1. The number of aliphatic imine (C=N–C) groups is 1. The van der Waals surface area contributed by atoms with Crippen molar-refractivity contribution >= 4 is 23.7 Å². The van der Waals surface area contributed by atoms with E-state index in [1.807, 2.05) is 13.0 Å². The van der Waals surface area contributed by atoms with E-state index in [4.69, 9.17) is 25.8 Å². The van der Waals surface area contributed by atoms with Crippen molar-refractivity contribution in [1.82, 2.24) is 4.98 Å². The quantitative estimate of drug-likeness (QED) is 0.191. The zero-order valence-electron chi connectivity index (χ0n) is 13.8. The fourth-order valence-corrected chi connectivity index (χ4v) is 1.29. The van der Waals surface area contributed by atoms with Crippen LogP contribution in [0.1, 0.15) is 13.3 Å². The van der Waals surface area contributed by atoms with Crippen molar-refractivity contribution in [1.29, 1.82) is 0 Å². The average Bonchev–Trinajstić information content (AvgIpc) is 2.54. The smallest absolute Gasteiger partial charge is 0.328 e. The van der Waals surface area contributed by atoms with Gasteiger partial charge < -0.3 is 31.1 Å². The number of aromatic nitrogens is 1. The summed E-state index contributed by atoms with van der Waals surface area (Å²) in [7, 11) is 0. The molecule has 0 amide bonds. The first kappa shape index (κ1) is 21.9. The molecule has 10 nitrogen and oxygen atoms in total. The number of anilines is 1. The zero-order valence-corrected chi connectivity index (χ0v) is 13.8. The molecule has 10 heteroatoms. The SMILES string of the molecule is CC/N=C(/N)Nc1cccc(OCCCO)n1.O=C(O)/C=C\C(=O)O. The number of carboxylic acids is 2. The average molecular weight is 354 g/mol. The van der Waals surface area contributed by atoms with E-state index in [0.717, 1.165) is 0 Å². The van der Waals surface area contributed by atoms with Crippen molar-refractivity contribution in [3.63, 3.8) is 0 Å². The number of hydrogen-bond donors (Lipinski definition) is 5. The highest BCUT2D eigenvalue weighted by atomic mass is 16.5. The molecule has 0 aromatic carbocycles. The predicted molar refractivity (Wildman–Crippen MR) is 91.6 cm³/mol. The maximum absolute atomic E-state index is 9.55. The van der Waals surface area contributed by atoms with E-state index in [1.165, 1.54) is 0 Å². The Hall–Kier alpha value is -3.14. The number of ether oxygens (including phenoxy) is 1. The van der Waals surface area contributed by atoms with Gasteiger partial charge in [-0.25, -0.2) is 9.59 Å². The molecule has 0 radical (unpaired) electrons. The number of aliphatic hydroxyl groups is 1. The topological polar surface area (TPSA) is 167 Å². The Labute approximate surface area is 144 Å². The predicted octanol–water partition coefficient (Wildman–Crippen LogP) is 0.301. The molecule has 0 aliphatic carbocycles. The first-order valence-electron chi connectivity index (χ1n) is 7.30. The van der Waals surface area contributed by atoms with E-state index in [0.29, 0.717) is 49.4 Å². The lowest BCUT2D eigenvalue weighted by molar-refractivity contribution is -0.134. The van der Waals surface area contributed by atoms with E-state index in [-0.39, 0.29) is 6.61 Å². The second-order valence-corrected chi connectivity index (χ2v) is 4.28. The summed E-state index contributed by atoms with van der Waals surface area (Å²) in [5.74, 6) is -1.11. The Morgan fingerprint density at radius 2 is 1.96 bits per heavy atom. The Morgan fingerprint density at radius 1 is 1.32 bits per heavy atom. The van der Waals surface area contributed by atoms with Gasteiger partial charge in [-0.3, -0.25) is 4.99 Å². The van der Waals surface area contributed by atoms with Crippen LogP contribution in [0.5, 0.6) is 5.88 Å². The first-order valence-corrected chi connectivity index (χ1v) is 7.30. The number of hydrogen-bond acceptors (Lipinski definition) is 6. The molecule has 1 rings (SSSR count). The normalized spacial score (nSPS) is 10.7. The molecule has 0 saturated heterocycles. The maximum atomic E-state index is 9.55. The van der Waals surface area contributed by atoms with Gasteiger partial charge in [0.2, 0.25) is 5.88 Å². The molecule has 138 valence electrons. The largest absolute Gasteiger partial charge is 0.478 e. The number of aliphatic hydroxyl groups excluding tert-OH is 1. The van der Waals surface area contributed by atoms with Crippen LogP contribution in [0.25, 0.3) is 0 Å². The highest BCUT2D eigenvalue weighted by Crippen LogP contribution is 2.11. The summed E-state index contributed by atoms with van der Waals surface area (Å²) < 4.78 is 5.34. The summed E-state index contributed by atoms with van der Waals surface area (Å²) in [6.45, 7) is 3.06. The lowest BCUT2D eigenvalue weighted by Crippen LogP contribution is -2.23. The number of pyridine rings is 1. The van der Waals surface area contributed by atoms with Crippen molar-refractivity contribution in [2.24, 2.45) is 10.7 Å². The minimum absolute atomic E-state index is 0.105. The molecular weight excluding hydrogens is 332 g/mol. The second-order valence-electron chi connectivity index (χ2n) is 4.28. The number of nitrogens with zero attached hydrogens (tertiary/aromatic N) is 2. The van der Waals surface area contributed by atoms with Crippen LogP contribution in [0.4, 0.5) is 5.82 Å². The van der Waals surface area contributed by atoms with Gasteiger partial charge in [0, 0.05) is 37.8 Å². The number of nitrogens with one attached hydrogen (secondary N) is 1. The van der Waals surface area contributed by atoms with Crippen LogP contribution in [0.15, 0.2) is 35.3 Å². The monoisotopic (exact) mass is 354 g/mol. The molecule has 0 aliphatic rings. The fourth-order valence-electron chi connectivity index (χ4n) is 1.29. The van der Waals surface area contributed by atoms with E-state index in [1.54, 1.807) is 12.1 Å². The third kappa shape index (κ3) is 13.0. The molecule has 25 heavy (non-hydrogen) atoms. The van der Waals surface area contributed by atoms with Crippen LogP contribution in [-0.2, 0) is 9.59 Å². The Morgan fingerprint density at radius 3 is 2.48 bits per heavy atom. The standard InChI is InChI=1S/C11H18N4O2.C4H4O4/c1-2-13-11(12)15-9-5-3-6-10(14-9)17-8-4-7-16;5-3(6)1-2-4(7)8/h3,5-6,16H,2,4,7-8H2,1H3,(H3,12,13,14,15);1-2H,(H,5,6)(H,7,8)/b;2-1-. The van der Waals surface area contributed by atoms with Crippen molar-refractivity contribution in [3.05, 3.63) is 30.4 Å². The maximum Gasteiger partial charge on any atom is 0.328 e. The molecular formula is C15H22N4O6. The van der Waals surface area contributed by atoms with Gasteiger partial charge in [-0.15, -0.1) is 0 Å². The second kappa shape index (κ2) is 13.3. The fraction of sp³-hybridized carbons (Fsp3) is 0.333.